The molecule has 5 heteroatoms. The Kier molecular flexibility index (Phi) is 9.47. The Labute approximate surface area is 218 Å². The van der Waals surface area contributed by atoms with Gasteiger partial charge in [-0.1, -0.05) is 69.0 Å². The van der Waals surface area contributed by atoms with Crippen molar-refractivity contribution < 1.29 is 22.0 Å². The second-order valence-corrected chi connectivity index (χ2v) is 11.2. The molecular weight excluding hydrogens is 479 g/mol. The van der Waals surface area contributed by atoms with Gasteiger partial charge in [-0.2, -0.15) is 13.2 Å². The molecule has 2 fully saturated rings. The summed E-state index contributed by atoms with van der Waals surface area (Å²) < 4.78 is 66.3. The van der Waals surface area contributed by atoms with E-state index in [4.69, 9.17) is 0 Å². The maximum absolute atomic E-state index is 15.1. The fourth-order valence-electron chi connectivity index (χ4n) is 6.41. The maximum atomic E-state index is 15.1. The fraction of sp³-hybridized carbons (Fsp3) is 0.562. The van der Waals surface area contributed by atoms with Gasteiger partial charge in [0.25, 0.3) is 0 Å². The van der Waals surface area contributed by atoms with Crippen LogP contribution in [-0.2, 0) is 0 Å². The standard InChI is InChI=1S/C32H39F5/c1-2-3-4-5-22-6-8-23(9-7-22)24-10-12-25(13-11-24)28-18-19-29(30(33)20-28)26-14-16-27(17-15-26)31(34)21-32(35,36)37/h10-13,18-23,26-27H,2-9,14-17H2,1H3. The van der Waals surface area contributed by atoms with E-state index in [2.05, 4.69) is 31.2 Å². The average molecular weight is 519 g/mol. The van der Waals surface area contributed by atoms with Crippen molar-refractivity contribution in [3.8, 4) is 11.1 Å². The fourth-order valence-corrected chi connectivity index (χ4v) is 6.41. The summed E-state index contributed by atoms with van der Waals surface area (Å²) in [6.07, 6.45) is 7.15. The number of alkyl halides is 3. The molecule has 202 valence electrons. The van der Waals surface area contributed by atoms with Crippen LogP contribution in [0.25, 0.3) is 11.1 Å². The third-order valence-corrected chi connectivity index (χ3v) is 8.64. The van der Waals surface area contributed by atoms with Gasteiger partial charge in [0.15, 0.2) is 0 Å². The third kappa shape index (κ3) is 7.67. The minimum atomic E-state index is -4.64. The molecule has 0 unspecified atom stereocenters. The van der Waals surface area contributed by atoms with Crippen molar-refractivity contribution in [2.24, 2.45) is 11.8 Å². The van der Waals surface area contributed by atoms with E-state index in [1.165, 1.54) is 56.9 Å². The molecule has 0 heterocycles. The Morgan fingerprint density at radius 3 is 2.03 bits per heavy atom. The molecule has 0 aromatic heterocycles. The first-order valence-corrected chi connectivity index (χ1v) is 14.1. The van der Waals surface area contributed by atoms with E-state index < -0.39 is 17.9 Å². The first kappa shape index (κ1) is 27.9. The summed E-state index contributed by atoms with van der Waals surface area (Å²) in [6, 6.07) is 13.8. The first-order valence-electron chi connectivity index (χ1n) is 14.1. The maximum Gasteiger partial charge on any atom is 0.412 e. The zero-order chi connectivity index (χ0) is 26.4. The van der Waals surface area contributed by atoms with Crippen LogP contribution >= 0.6 is 0 Å². The van der Waals surface area contributed by atoms with Crippen LogP contribution in [0, 0.1) is 17.7 Å². The van der Waals surface area contributed by atoms with Gasteiger partial charge in [0, 0.05) is 5.92 Å². The predicted molar refractivity (Wildman–Crippen MR) is 141 cm³/mol. The molecule has 0 spiro atoms. The quantitative estimate of drug-likeness (QED) is 0.241. The van der Waals surface area contributed by atoms with Gasteiger partial charge in [-0.25, -0.2) is 8.78 Å². The van der Waals surface area contributed by atoms with Crippen LogP contribution in [0.5, 0.6) is 0 Å². The topological polar surface area (TPSA) is 0 Å². The molecule has 0 aliphatic heterocycles. The summed E-state index contributed by atoms with van der Waals surface area (Å²) in [7, 11) is 0. The van der Waals surface area contributed by atoms with E-state index in [-0.39, 0.29) is 17.8 Å². The molecule has 0 saturated heterocycles. The Hall–Kier alpha value is -2.17. The Bertz CT molecular complexity index is 1020. The Morgan fingerprint density at radius 1 is 0.811 bits per heavy atom. The molecule has 2 aromatic carbocycles. The second-order valence-electron chi connectivity index (χ2n) is 11.2. The molecule has 2 saturated carbocycles. The summed E-state index contributed by atoms with van der Waals surface area (Å²) in [5.74, 6) is -0.725. The van der Waals surface area contributed by atoms with Crippen molar-refractivity contribution >= 4 is 0 Å². The molecule has 0 N–H and O–H groups in total. The smallest absolute Gasteiger partial charge is 0.212 e. The molecule has 2 aromatic rings. The highest BCUT2D eigenvalue weighted by Gasteiger charge is 2.31. The highest BCUT2D eigenvalue weighted by atomic mass is 19.4. The number of rotatable bonds is 8. The van der Waals surface area contributed by atoms with Crippen LogP contribution in [-0.4, -0.2) is 6.18 Å². The number of allylic oxidation sites excluding steroid dienone is 2. The van der Waals surface area contributed by atoms with Crippen LogP contribution in [0.15, 0.2) is 54.4 Å². The van der Waals surface area contributed by atoms with Crippen molar-refractivity contribution in [3.05, 3.63) is 71.3 Å². The summed E-state index contributed by atoms with van der Waals surface area (Å²) in [5, 5.41) is 0. The van der Waals surface area contributed by atoms with Gasteiger partial charge >= 0.3 is 6.18 Å². The minimum Gasteiger partial charge on any atom is -0.212 e. The van der Waals surface area contributed by atoms with Gasteiger partial charge in [-0.15, -0.1) is 0 Å². The molecule has 0 radical (unpaired) electrons. The molecule has 2 aliphatic rings. The zero-order valence-corrected chi connectivity index (χ0v) is 21.8. The van der Waals surface area contributed by atoms with Gasteiger partial charge in [0.1, 0.15) is 11.6 Å². The van der Waals surface area contributed by atoms with Gasteiger partial charge in [-0.05, 0) is 97.4 Å². The highest BCUT2D eigenvalue weighted by molar-refractivity contribution is 5.64. The van der Waals surface area contributed by atoms with Crippen LogP contribution in [0.1, 0.15) is 107 Å². The van der Waals surface area contributed by atoms with E-state index in [9.17, 15) is 17.6 Å². The number of hydrogen-bond acceptors (Lipinski definition) is 0. The molecule has 0 bridgehead atoms. The van der Waals surface area contributed by atoms with E-state index >= 15 is 4.39 Å². The molecule has 0 atom stereocenters. The van der Waals surface area contributed by atoms with Gasteiger partial charge in [0.2, 0.25) is 0 Å². The van der Waals surface area contributed by atoms with Crippen LogP contribution in [0.4, 0.5) is 22.0 Å². The van der Waals surface area contributed by atoms with E-state index in [1.807, 2.05) is 6.07 Å². The van der Waals surface area contributed by atoms with Gasteiger partial charge in [-0.3, -0.25) is 0 Å². The Morgan fingerprint density at radius 2 is 1.43 bits per heavy atom. The van der Waals surface area contributed by atoms with Gasteiger partial charge in [0.05, 0.1) is 6.08 Å². The Balaban J connectivity index is 1.33. The second kappa shape index (κ2) is 12.6. The lowest BCUT2D eigenvalue weighted by atomic mass is 9.77. The molecule has 0 nitrogen and oxygen atoms in total. The third-order valence-electron chi connectivity index (χ3n) is 8.64. The molecule has 4 rings (SSSR count). The molecule has 37 heavy (non-hydrogen) atoms. The van der Waals surface area contributed by atoms with E-state index in [1.54, 1.807) is 12.1 Å². The van der Waals surface area contributed by atoms with Crippen molar-refractivity contribution in [3.63, 3.8) is 0 Å². The van der Waals surface area contributed by atoms with Crippen molar-refractivity contribution in [2.45, 2.75) is 102 Å². The molecular formula is C32H39F5. The monoisotopic (exact) mass is 518 g/mol. The van der Waals surface area contributed by atoms with Gasteiger partial charge < -0.3 is 0 Å². The summed E-state index contributed by atoms with van der Waals surface area (Å²) >= 11 is 0. The number of halogens is 5. The van der Waals surface area contributed by atoms with Crippen molar-refractivity contribution in [1.82, 2.24) is 0 Å². The number of benzene rings is 2. The molecule has 0 amide bonds. The van der Waals surface area contributed by atoms with Crippen LogP contribution in [0.3, 0.4) is 0 Å². The first-order chi connectivity index (χ1) is 17.7. The van der Waals surface area contributed by atoms with E-state index in [0.717, 1.165) is 17.0 Å². The number of hydrogen-bond donors (Lipinski definition) is 0. The largest absolute Gasteiger partial charge is 0.412 e. The average Bonchev–Trinajstić information content (AvgIpc) is 2.88. The van der Waals surface area contributed by atoms with Crippen LogP contribution < -0.4 is 0 Å². The highest BCUT2D eigenvalue weighted by Crippen LogP contribution is 2.42. The van der Waals surface area contributed by atoms with Crippen molar-refractivity contribution in [2.75, 3.05) is 0 Å². The zero-order valence-electron chi connectivity index (χ0n) is 21.8. The normalized spacial score (nSPS) is 25.3. The van der Waals surface area contributed by atoms with Crippen LogP contribution in [0.2, 0.25) is 0 Å². The summed E-state index contributed by atoms with van der Waals surface area (Å²) in [5.41, 5.74) is 3.75. The summed E-state index contributed by atoms with van der Waals surface area (Å²) in [6.45, 7) is 2.25. The lowest BCUT2D eigenvalue weighted by molar-refractivity contribution is -0.0820. The van der Waals surface area contributed by atoms with E-state index in [0.29, 0.717) is 37.2 Å². The predicted octanol–water partition coefficient (Wildman–Crippen LogP) is 11.0. The SMILES string of the molecule is CCCCCC1CCC(c2ccc(-c3ccc(C4CCC(C(F)=CC(F)(F)F)CC4)c(F)c3)cc2)CC1. The molecule has 2 aliphatic carbocycles. The number of unbranched alkanes of at least 4 members (excludes halogenated alkanes) is 2. The van der Waals surface area contributed by atoms with Crippen molar-refractivity contribution in [1.29, 1.82) is 0 Å². The lowest BCUT2D eigenvalue weighted by Crippen LogP contribution is -2.16. The minimum absolute atomic E-state index is 0.0940. The summed E-state index contributed by atoms with van der Waals surface area (Å²) in [4.78, 5) is 0. The lowest BCUT2D eigenvalue weighted by Gasteiger charge is -2.29.